The molecule has 0 aromatic carbocycles. The Bertz CT molecular complexity index is 379. The Morgan fingerprint density at radius 1 is 1.41 bits per heavy atom. The van der Waals surface area contributed by atoms with Crippen LogP contribution >= 0.6 is 0 Å². The minimum Gasteiger partial charge on any atom is -0.480 e. The third-order valence-electron chi connectivity index (χ3n) is 3.82. The Labute approximate surface area is 133 Å². The first kappa shape index (κ1) is 18.7. The number of hydrogen-bond donors (Lipinski definition) is 2. The first-order valence-corrected chi connectivity index (χ1v) is 8.17. The average Bonchev–Trinajstić information content (AvgIpc) is 2.41. The van der Waals surface area contributed by atoms with E-state index in [1.807, 2.05) is 27.7 Å². The summed E-state index contributed by atoms with van der Waals surface area (Å²) in [5.74, 6) is -0.401. The topological polar surface area (TPSA) is 78.9 Å². The second-order valence-electron chi connectivity index (χ2n) is 6.98. The summed E-state index contributed by atoms with van der Waals surface area (Å²) < 4.78 is 5.41. The molecule has 1 aliphatic rings. The van der Waals surface area contributed by atoms with Gasteiger partial charge in [-0.15, -0.1) is 0 Å². The van der Waals surface area contributed by atoms with Crippen LogP contribution in [0.25, 0.3) is 0 Å². The van der Waals surface area contributed by atoms with Crippen molar-refractivity contribution in [2.45, 2.75) is 65.0 Å². The van der Waals surface area contributed by atoms with Crippen LogP contribution in [0.15, 0.2) is 0 Å². The van der Waals surface area contributed by atoms with Gasteiger partial charge in [0, 0.05) is 13.1 Å². The summed E-state index contributed by atoms with van der Waals surface area (Å²) in [5, 5.41) is 12.1. The van der Waals surface area contributed by atoms with Gasteiger partial charge in [0.25, 0.3) is 0 Å². The van der Waals surface area contributed by atoms with E-state index in [1.54, 1.807) is 4.90 Å². The van der Waals surface area contributed by atoms with Crippen LogP contribution in [0.5, 0.6) is 0 Å². The molecule has 128 valence electrons. The minimum absolute atomic E-state index is 0.248. The highest BCUT2D eigenvalue weighted by atomic mass is 16.6. The molecule has 1 rings (SSSR count). The number of carbonyl (C=O) groups excluding carboxylic acids is 1. The van der Waals surface area contributed by atoms with E-state index in [9.17, 15) is 9.59 Å². The van der Waals surface area contributed by atoms with E-state index >= 15 is 0 Å². The summed E-state index contributed by atoms with van der Waals surface area (Å²) in [6.45, 7) is 9.56. The third-order valence-corrected chi connectivity index (χ3v) is 3.82. The monoisotopic (exact) mass is 314 g/mol. The number of nitrogens with zero attached hydrogens (tertiary/aromatic N) is 1. The van der Waals surface area contributed by atoms with Gasteiger partial charge in [0.2, 0.25) is 0 Å². The quantitative estimate of drug-likeness (QED) is 0.787. The highest BCUT2D eigenvalue weighted by Gasteiger charge is 2.27. The number of carboxylic acid groups (broad SMARTS) is 1. The zero-order valence-corrected chi connectivity index (χ0v) is 14.2. The molecule has 0 aromatic heterocycles. The summed E-state index contributed by atoms with van der Waals surface area (Å²) in [5.41, 5.74) is -0.471. The second-order valence-corrected chi connectivity index (χ2v) is 6.98. The SMILES string of the molecule is CCC(NCCC1CCCN(C(=O)OC(C)(C)C)C1)C(=O)O. The first-order chi connectivity index (χ1) is 10.2. The van der Waals surface area contributed by atoms with Gasteiger partial charge in [-0.1, -0.05) is 6.92 Å². The van der Waals surface area contributed by atoms with E-state index in [2.05, 4.69) is 5.32 Å². The molecule has 0 saturated carbocycles. The Morgan fingerprint density at radius 3 is 2.64 bits per heavy atom. The van der Waals surface area contributed by atoms with Crippen LogP contribution < -0.4 is 5.32 Å². The van der Waals surface area contributed by atoms with Gasteiger partial charge in [0.1, 0.15) is 11.6 Å². The standard InChI is InChI=1S/C16H30N2O4/c1-5-13(14(19)20)17-9-8-12-7-6-10-18(11-12)15(21)22-16(2,3)4/h12-13,17H,5-11H2,1-4H3,(H,19,20). The van der Waals surface area contributed by atoms with Gasteiger partial charge < -0.3 is 20.1 Å². The number of carboxylic acids is 1. The lowest BCUT2D eigenvalue weighted by Gasteiger charge is -2.34. The first-order valence-electron chi connectivity index (χ1n) is 8.17. The van der Waals surface area contributed by atoms with Crippen molar-refractivity contribution in [2.75, 3.05) is 19.6 Å². The van der Waals surface area contributed by atoms with E-state index in [-0.39, 0.29) is 6.09 Å². The van der Waals surface area contributed by atoms with Crippen LogP contribution in [0, 0.1) is 5.92 Å². The van der Waals surface area contributed by atoms with E-state index < -0.39 is 17.6 Å². The highest BCUT2D eigenvalue weighted by molar-refractivity contribution is 5.73. The molecular weight excluding hydrogens is 284 g/mol. The van der Waals surface area contributed by atoms with Gasteiger partial charge in [-0.3, -0.25) is 4.79 Å². The van der Waals surface area contributed by atoms with Crippen molar-refractivity contribution in [1.29, 1.82) is 0 Å². The summed E-state index contributed by atoms with van der Waals surface area (Å²) in [6.07, 6.45) is 3.25. The normalized spacial score (nSPS) is 20.5. The number of hydrogen-bond acceptors (Lipinski definition) is 4. The molecule has 1 aliphatic heterocycles. The number of piperidine rings is 1. The Hall–Kier alpha value is -1.30. The fourth-order valence-electron chi connectivity index (χ4n) is 2.66. The smallest absolute Gasteiger partial charge is 0.410 e. The van der Waals surface area contributed by atoms with Gasteiger partial charge in [0.15, 0.2) is 0 Å². The summed E-state index contributed by atoms with van der Waals surface area (Å²) in [7, 11) is 0. The largest absolute Gasteiger partial charge is 0.480 e. The molecule has 2 atom stereocenters. The van der Waals surface area contributed by atoms with Gasteiger partial charge in [0.05, 0.1) is 0 Å². The van der Waals surface area contributed by atoms with E-state index in [1.165, 1.54) is 0 Å². The van der Waals surface area contributed by atoms with Crippen molar-refractivity contribution in [1.82, 2.24) is 10.2 Å². The molecule has 6 heteroatoms. The number of nitrogens with one attached hydrogen (secondary N) is 1. The summed E-state index contributed by atoms with van der Waals surface area (Å²) in [4.78, 5) is 24.8. The molecule has 1 fully saturated rings. The Balaban J connectivity index is 2.37. The maximum atomic E-state index is 12.1. The Morgan fingerprint density at radius 2 is 2.09 bits per heavy atom. The molecule has 2 unspecified atom stereocenters. The number of carbonyl (C=O) groups is 2. The maximum absolute atomic E-state index is 12.1. The van der Waals surface area contributed by atoms with Crippen molar-refractivity contribution >= 4 is 12.1 Å². The number of rotatable bonds is 6. The van der Waals surface area contributed by atoms with Crippen LogP contribution in [0.1, 0.15) is 53.4 Å². The molecule has 1 amide bonds. The van der Waals surface area contributed by atoms with Crippen molar-refractivity contribution in [2.24, 2.45) is 5.92 Å². The lowest BCUT2D eigenvalue weighted by Crippen LogP contribution is -2.44. The molecule has 22 heavy (non-hydrogen) atoms. The van der Waals surface area contributed by atoms with Gasteiger partial charge >= 0.3 is 12.1 Å². The van der Waals surface area contributed by atoms with E-state index in [4.69, 9.17) is 9.84 Å². The van der Waals surface area contributed by atoms with Crippen molar-refractivity contribution in [3.05, 3.63) is 0 Å². The molecule has 0 spiro atoms. The second kappa shape index (κ2) is 8.36. The van der Waals surface area contributed by atoms with Crippen LogP contribution in [0.2, 0.25) is 0 Å². The zero-order chi connectivity index (χ0) is 16.8. The highest BCUT2D eigenvalue weighted by Crippen LogP contribution is 2.21. The van der Waals surface area contributed by atoms with Crippen LogP contribution in [-0.4, -0.2) is 53.3 Å². The van der Waals surface area contributed by atoms with Crippen LogP contribution in [0.4, 0.5) is 4.79 Å². The third kappa shape index (κ3) is 6.64. The van der Waals surface area contributed by atoms with Crippen molar-refractivity contribution in [3.63, 3.8) is 0 Å². The molecular formula is C16H30N2O4. The predicted octanol–water partition coefficient (Wildman–Crippen LogP) is 2.48. The lowest BCUT2D eigenvalue weighted by atomic mass is 9.95. The van der Waals surface area contributed by atoms with Crippen molar-refractivity contribution in [3.8, 4) is 0 Å². The van der Waals surface area contributed by atoms with Gasteiger partial charge in [-0.2, -0.15) is 0 Å². The molecule has 6 nitrogen and oxygen atoms in total. The Kier molecular flexibility index (Phi) is 7.13. The molecule has 1 saturated heterocycles. The number of likely N-dealkylation sites (tertiary alicyclic amines) is 1. The molecule has 2 N–H and O–H groups in total. The average molecular weight is 314 g/mol. The van der Waals surface area contributed by atoms with E-state index in [0.717, 1.165) is 25.8 Å². The fourth-order valence-corrected chi connectivity index (χ4v) is 2.66. The van der Waals surface area contributed by atoms with Crippen molar-refractivity contribution < 1.29 is 19.4 Å². The number of aliphatic carboxylic acids is 1. The maximum Gasteiger partial charge on any atom is 0.410 e. The van der Waals surface area contributed by atoms with Gasteiger partial charge in [-0.25, -0.2) is 4.79 Å². The van der Waals surface area contributed by atoms with Crippen LogP contribution in [0.3, 0.4) is 0 Å². The minimum atomic E-state index is -0.804. The predicted molar refractivity (Wildman–Crippen MR) is 84.9 cm³/mol. The fraction of sp³-hybridized carbons (Fsp3) is 0.875. The molecule has 0 aliphatic carbocycles. The van der Waals surface area contributed by atoms with Crippen LogP contribution in [-0.2, 0) is 9.53 Å². The molecule has 0 bridgehead atoms. The van der Waals surface area contributed by atoms with Gasteiger partial charge in [-0.05, 0) is 58.9 Å². The lowest BCUT2D eigenvalue weighted by molar-refractivity contribution is -0.139. The molecule has 0 radical (unpaired) electrons. The summed E-state index contributed by atoms with van der Waals surface area (Å²) >= 11 is 0. The zero-order valence-electron chi connectivity index (χ0n) is 14.2. The molecule has 1 heterocycles. The van der Waals surface area contributed by atoms with E-state index in [0.29, 0.717) is 25.4 Å². The number of amides is 1. The number of ether oxygens (including phenoxy) is 1. The summed E-state index contributed by atoms with van der Waals surface area (Å²) in [6, 6.07) is -0.481. The molecule has 0 aromatic rings.